The van der Waals surface area contributed by atoms with Crippen LogP contribution in [-0.2, 0) is 19.2 Å². The number of carboxylic acid groups (broad SMARTS) is 1. The molecule has 0 heterocycles. The van der Waals surface area contributed by atoms with Crippen LogP contribution in [-0.4, -0.2) is 17.8 Å². The molecule has 1 amide bonds. The molecule has 0 spiro atoms. The molecule has 6 nitrogen and oxygen atoms in total. The Bertz CT molecular complexity index is 337. The molecule has 0 rings (SSSR count). The normalized spacial score (nSPS) is 9.24. The molecule has 0 radical (unpaired) electrons. The van der Waals surface area contributed by atoms with E-state index in [1.165, 1.54) is 51.9 Å². The minimum Gasteiger partial charge on any atom is -0.550 e. The largest absolute Gasteiger partial charge is 1.00 e. The summed E-state index contributed by atoms with van der Waals surface area (Å²) in [6, 6.07) is 0. The molecule has 0 aliphatic heterocycles. The van der Waals surface area contributed by atoms with Gasteiger partial charge in [0.2, 0.25) is 0 Å². The fraction of sp³-hybridized carbons (Fsp3) is 0.833. The maximum absolute atomic E-state index is 11.3. The Kier molecular flexibility index (Phi) is 27.3. The van der Waals surface area contributed by atoms with E-state index in [9.17, 15) is 19.5 Å². The number of carboxylic acids is 1. The number of hydrogen-bond acceptors (Lipinski definition) is 5. The second-order valence-electron chi connectivity index (χ2n) is 5.66. The van der Waals surface area contributed by atoms with Gasteiger partial charge in [-0.15, -0.1) is 0 Å². The number of nitrogens with one attached hydrogen (secondary N) is 1. The van der Waals surface area contributed by atoms with Crippen LogP contribution in [0.4, 0.5) is 0 Å². The van der Waals surface area contributed by atoms with E-state index >= 15 is 0 Å². The van der Waals surface area contributed by atoms with Gasteiger partial charge in [0, 0.05) is 18.8 Å². The third-order valence-electron chi connectivity index (χ3n) is 3.36. The number of carbonyl (C=O) groups excluding carboxylic acids is 3. The number of carbonyl (C=O) groups is 3. The summed E-state index contributed by atoms with van der Waals surface area (Å²) in [6.07, 6.45) is 11.8. The van der Waals surface area contributed by atoms with E-state index in [0.717, 1.165) is 12.8 Å². The van der Waals surface area contributed by atoms with Crippen molar-refractivity contribution >= 4 is 17.8 Å². The van der Waals surface area contributed by atoms with Crippen molar-refractivity contribution in [3.8, 4) is 0 Å². The number of rotatable bonds is 12. The third kappa shape index (κ3) is 28.5. The molecule has 0 saturated heterocycles. The number of unbranched alkanes of at least 4 members (excludes halogenated alkanes) is 8. The Hall–Kier alpha value is -0.590. The van der Waals surface area contributed by atoms with Crippen molar-refractivity contribution in [3.63, 3.8) is 0 Å². The molecule has 0 atom stereocenters. The topological polar surface area (TPSA) is 95.5 Å². The summed E-state index contributed by atoms with van der Waals surface area (Å²) in [5.41, 5.74) is 2.17. The van der Waals surface area contributed by atoms with E-state index in [-0.39, 0.29) is 48.3 Å². The Morgan fingerprint density at radius 3 is 1.64 bits per heavy atom. The molecule has 0 bridgehead atoms. The van der Waals surface area contributed by atoms with Gasteiger partial charge in [0.05, 0.1) is 0 Å². The van der Waals surface area contributed by atoms with Gasteiger partial charge in [-0.25, -0.2) is 4.79 Å². The van der Waals surface area contributed by atoms with Crippen LogP contribution in [0.25, 0.3) is 0 Å². The first-order chi connectivity index (χ1) is 11.5. The van der Waals surface area contributed by atoms with Gasteiger partial charge in [0.15, 0.2) is 0 Å². The number of aliphatic carboxylic acids is 1. The van der Waals surface area contributed by atoms with Crippen molar-refractivity contribution < 1.29 is 53.9 Å². The summed E-state index contributed by atoms with van der Waals surface area (Å²) in [4.78, 5) is 35.9. The predicted molar refractivity (Wildman–Crippen MR) is 91.7 cm³/mol. The van der Waals surface area contributed by atoms with Gasteiger partial charge in [-0.2, -0.15) is 5.48 Å². The molecule has 0 aliphatic carbocycles. The maximum atomic E-state index is 11.3. The molecule has 0 saturated carbocycles. The summed E-state index contributed by atoms with van der Waals surface area (Å²) >= 11 is 0. The average molecular weight is 367 g/mol. The molecule has 7 heteroatoms. The monoisotopic (exact) mass is 367 g/mol. The van der Waals surface area contributed by atoms with Crippen molar-refractivity contribution in [3.05, 3.63) is 0 Å². The zero-order chi connectivity index (χ0) is 18.6. The first kappa shape index (κ1) is 29.2. The van der Waals surface area contributed by atoms with Crippen LogP contribution in [0.1, 0.15) is 97.8 Å². The van der Waals surface area contributed by atoms with E-state index in [1.54, 1.807) is 6.92 Å². The van der Waals surface area contributed by atoms with Crippen LogP contribution in [0.2, 0.25) is 0 Å². The van der Waals surface area contributed by atoms with E-state index in [4.69, 9.17) is 0 Å². The Balaban J connectivity index is -0.000000704. The van der Waals surface area contributed by atoms with E-state index < -0.39 is 11.9 Å². The fourth-order valence-corrected chi connectivity index (χ4v) is 1.83. The van der Waals surface area contributed by atoms with Crippen molar-refractivity contribution in [2.75, 3.05) is 0 Å². The standard InChI is InChI=1S/C15H29NO3.C3H6O2.Na/c1-3-5-6-7-8-9-10-11-12-13-14(17)16-19-15(18)4-2;1-2-3(4)5;/h3-13H2,1-2H3,(H,16,17);2H2,1H3,(H,4,5);/q;;+1/p-1. The summed E-state index contributed by atoms with van der Waals surface area (Å²) in [7, 11) is 0. The fourth-order valence-electron chi connectivity index (χ4n) is 1.83. The average Bonchev–Trinajstić information content (AvgIpc) is 2.58. The number of amides is 1. The van der Waals surface area contributed by atoms with Crippen LogP contribution in [0.5, 0.6) is 0 Å². The number of hydrogen-bond donors (Lipinski definition) is 1. The van der Waals surface area contributed by atoms with Crippen LogP contribution in [0.15, 0.2) is 0 Å². The summed E-state index contributed by atoms with van der Waals surface area (Å²) in [5, 5.41) is 9.26. The summed E-state index contributed by atoms with van der Waals surface area (Å²) in [6.45, 7) is 5.45. The zero-order valence-electron chi connectivity index (χ0n) is 16.5. The molecule has 0 unspecified atom stereocenters. The quantitative estimate of drug-likeness (QED) is 0.299. The first-order valence-corrected chi connectivity index (χ1v) is 9.16. The SMILES string of the molecule is CCC(=O)[O-].CCCCCCCCCCCC(=O)NOC(=O)CC.[Na+]. The molecule has 0 aliphatic rings. The second-order valence-corrected chi connectivity index (χ2v) is 5.66. The van der Waals surface area contributed by atoms with Crippen molar-refractivity contribution in [2.45, 2.75) is 97.8 Å². The summed E-state index contributed by atoms with van der Waals surface area (Å²) in [5.74, 6) is -1.60. The van der Waals surface area contributed by atoms with Crippen molar-refractivity contribution in [1.29, 1.82) is 0 Å². The van der Waals surface area contributed by atoms with Crippen LogP contribution in [0, 0.1) is 0 Å². The molecular formula is C18H34NNaO5. The molecule has 0 aromatic rings. The molecule has 0 aromatic carbocycles. The van der Waals surface area contributed by atoms with E-state index in [2.05, 4.69) is 17.2 Å². The van der Waals surface area contributed by atoms with Gasteiger partial charge in [0.1, 0.15) is 0 Å². The molecular weight excluding hydrogens is 333 g/mol. The van der Waals surface area contributed by atoms with Gasteiger partial charge >= 0.3 is 35.5 Å². The third-order valence-corrected chi connectivity index (χ3v) is 3.36. The molecule has 1 N–H and O–H groups in total. The smallest absolute Gasteiger partial charge is 0.550 e. The van der Waals surface area contributed by atoms with Crippen LogP contribution >= 0.6 is 0 Å². The minimum absolute atomic E-state index is 0. The van der Waals surface area contributed by atoms with Crippen molar-refractivity contribution in [2.24, 2.45) is 0 Å². The Morgan fingerprint density at radius 1 is 0.800 bits per heavy atom. The second kappa shape index (κ2) is 23.4. The Morgan fingerprint density at radius 2 is 1.24 bits per heavy atom. The van der Waals surface area contributed by atoms with E-state index in [1.807, 2.05) is 0 Å². The van der Waals surface area contributed by atoms with Gasteiger partial charge in [-0.3, -0.25) is 4.79 Å². The molecule has 142 valence electrons. The van der Waals surface area contributed by atoms with Gasteiger partial charge in [0.25, 0.3) is 5.91 Å². The van der Waals surface area contributed by atoms with E-state index in [0.29, 0.717) is 6.42 Å². The summed E-state index contributed by atoms with van der Waals surface area (Å²) < 4.78 is 0. The van der Waals surface area contributed by atoms with Gasteiger partial charge in [-0.1, -0.05) is 72.1 Å². The van der Waals surface area contributed by atoms with Crippen molar-refractivity contribution in [1.82, 2.24) is 5.48 Å². The van der Waals surface area contributed by atoms with Gasteiger partial charge in [-0.05, 0) is 12.8 Å². The Labute approximate surface area is 174 Å². The van der Waals surface area contributed by atoms with Gasteiger partial charge < -0.3 is 14.7 Å². The zero-order valence-corrected chi connectivity index (χ0v) is 18.5. The predicted octanol–water partition coefficient (Wildman–Crippen LogP) is 0.0420. The number of hydroxylamine groups is 1. The maximum Gasteiger partial charge on any atom is 1.00 e. The molecule has 0 fully saturated rings. The van der Waals surface area contributed by atoms with Crippen LogP contribution in [0.3, 0.4) is 0 Å². The molecule has 0 aromatic heterocycles. The van der Waals surface area contributed by atoms with Crippen LogP contribution < -0.4 is 40.1 Å². The first-order valence-electron chi connectivity index (χ1n) is 9.16. The minimum atomic E-state index is -0.995. The molecule has 25 heavy (non-hydrogen) atoms.